The van der Waals surface area contributed by atoms with Gasteiger partial charge in [-0.2, -0.15) is 0 Å². The second-order valence-corrected chi connectivity index (χ2v) is 7.64. The van der Waals surface area contributed by atoms with E-state index in [2.05, 4.69) is 6.92 Å². The number of rotatable bonds is 8. The van der Waals surface area contributed by atoms with Gasteiger partial charge in [0.25, 0.3) is 5.91 Å². The van der Waals surface area contributed by atoms with Gasteiger partial charge in [0.2, 0.25) is 5.91 Å². The van der Waals surface area contributed by atoms with Crippen LogP contribution in [0, 0.1) is 11.7 Å². The molecule has 0 atom stereocenters. The third-order valence-electron chi connectivity index (χ3n) is 5.49. The van der Waals surface area contributed by atoms with E-state index in [1.807, 2.05) is 4.90 Å². The summed E-state index contributed by atoms with van der Waals surface area (Å²) in [6.45, 7) is 4.44. The number of carbonyl (C=O) groups excluding carboxylic acids is 2. The number of carbonyl (C=O) groups is 2. The van der Waals surface area contributed by atoms with Gasteiger partial charge in [-0.05, 0) is 49.1 Å². The first-order valence-electron chi connectivity index (χ1n) is 10.4. The van der Waals surface area contributed by atoms with Crippen LogP contribution in [-0.2, 0) is 11.3 Å². The number of likely N-dealkylation sites (tertiary alicyclic amines) is 1. The largest absolute Gasteiger partial charge is 0.459 e. The molecule has 0 radical (unpaired) electrons. The van der Waals surface area contributed by atoms with Crippen LogP contribution in [0.5, 0.6) is 0 Å². The van der Waals surface area contributed by atoms with E-state index in [1.54, 1.807) is 29.2 Å². The van der Waals surface area contributed by atoms with Crippen LogP contribution in [0.1, 0.15) is 55.1 Å². The number of amides is 2. The molecule has 0 unspecified atom stereocenters. The molecule has 1 fully saturated rings. The van der Waals surface area contributed by atoms with Crippen LogP contribution < -0.4 is 0 Å². The molecule has 3 rings (SSSR count). The summed E-state index contributed by atoms with van der Waals surface area (Å²) in [5, 5.41) is 0. The van der Waals surface area contributed by atoms with Gasteiger partial charge in [0.15, 0.2) is 5.76 Å². The maximum absolute atomic E-state index is 13.2. The quantitative estimate of drug-likeness (QED) is 0.614. The second kappa shape index (κ2) is 10.2. The number of unbranched alkanes of at least 4 members (excludes halogenated alkanes) is 2. The van der Waals surface area contributed by atoms with Gasteiger partial charge < -0.3 is 14.2 Å². The predicted octanol–water partition coefficient (Wildman–Crippen LogP) is 4.49. The lowest BCUT2D eigenvalue weighted by molar-refractivity contribution is -0.137. The van der Waals surface area contributed by atoms with Crippen molar-refractivity contribution in [1.29, 1.82) is 0 Å². The molecule has 1 aromatic carbocycles. The van der Waals surface area contributed by atoms with Crippen molar-refractivity contribution in [2.45, 2.75) is 45.6 Å². The predicted molar refractivity (Wildman–Crippen MR) is 109 cm³/mol. The highest BCUT2D eigenvalue weighted by Crippen LogP contribution is 2.23. The summed E-state index contributed by atoms with van der Waals surface area (Å²) in [6, 6.07) is 9.70. The third kappa shape index (κ3) is 5.68. The lowest BCUT2D eigenvalue weighted by atomic mass is 9.94. The maximum Gasteiger partial charge on any atom is 0.289 e. The Morgan fingerprint density at radius 1 is 1.14 bits per heavy atom. The first kappa shape index (κ1) is 21.1. The fourth-order valence-corrected chi connectivity index (χ4v) is 3.77. The van der Waals surface area contributed by atoms with Crippen molar-refractivity contribution in [1.82, 2.24) is 9.80 Å². The molecule has 0 N–H and O–H groups in total. The Kier molecular flexibility index (Phi) is 7.44. The van der Waals surface area contributed by atoms with Crippen molar-refractivity contribution in [3.05, 3.63) is 59.8 Å². The van der Waals surface area contributed by atoms with Crippen molar-refractivity contribution >= 4 is 11.8 Å². The second-order valence-electron chi connectivity index (χ2n) is 7.64. The molecule has 156 valence electrons. The van der Waals surface area contributed by atoms with E-state index in [1.165, 1.54) is 18.4 Å². The Bertz CT molecular complexity index is 781. The van der Waals surface area contributed by atoms with Crippen molar-refractivity contribution < 1.29 is 18.4 Å². The van der Waals surface area contributed by atoms with Crippen LogP contribution in [0.3, 0.4) is 0 Å². The smallest absolute Gasteiger partial charge is 0.289 e. The lowest BCUT2D eigenvalue weighted by Crippen LogP contribution is -2.44. The Labute approximate surface area is 171 Å². The molecule has 2 aromatic rings. The van der Waals surface area contributed by atoms with Crippen molar-refractivity contribution in [3.8, 4) is 0 Å². The van der Waals surface area contributed by atoms with Gasteiger partial charge in [0.05, 0.1) is 6.26 Å². The zero-order valence-corrected chi connectivity index (χ0v) is 17.0. The van der Waals surface area contributed by atoms with Gasteiger partial charge in [-0.25, -0.2) is 4.39 Å². The lowest BCUT2D eigenvalue weighted by Gasteiger charge is -2.34. The van der Waals surface area contributed by atoms with E-state index in [0.29, 0.717) is 44.8 Å². The highest BCUT2D eigenvalue weighted by atomic mass is 19.1. The van der Waals surface area contributed by atoms with Gasteiger partial charge in [-0.1, -0.05) is 31.9 Å². The molecule has 0 spiro atoms. The summed E-state index contributed by atoms with van der Waals surface area (Å²) < 4.78 is 18.4. The van der Waals surface area contributed by atoms with E-state index < -0.39 is 0 Å². The summed E-state index contributed by atoms with van der Waals surface area (Å²) in [7, 11) is 0. The Morgan fingerprint density at radius 3 is 2.48 bits per heavy atom. The highest BCUT2D eigenvalue weighted by molar-refractivity contribution is 5.91. The monoisotopic (exact) mass is 400 g/mol. The number of benzene rings is 1. The van der Waals surface area contributed by atoms with Crippen molar-refractivity contribution in [3.63, 3.8) is 0 Å². The molecule has 1 aliphatic rings. The number of nitrogens with zero attached hydrogens (tertiary/aromatic N) is 2. The van der Waals surface area contributed by atoms with Gasteiger partial charge >= 0.3 is 0 Å². The summed E-state index contributed by atoms with van der Waals surface area (Å²) in [5.74, 6) is -0.00116. The number of hydrogen-bond acceptors (Lipinski definition) is 3. The summed E-state index contributed by atoms with van der Waals surface area (Å²) in [6.07, 6.45) is 5.92. The third-order valence-corrected chi connectivity index (χ3v) is 5.49. The maximum atomic E-state index is 13.2. The average molecular weight is 400 g/mol. The molecular formula is C23H29FN2O3. The number of halogens is 1. The van der Waals surface area contributed by atoms with Gasteiger partial charge in [-0.15, -0.1) is 0 Å². The average Bonchev–Trinajstić information content (AvgIpc) is 3.29. The zero-order chi connectivity index (χ0) is 20.6. The molecule has 2 heterocycles. The number of furan rings is 1. The molecule has 0 bridgehead atoms. The van der Waals surface area contributed by atoms with Crippen LogP contribution in [0.15, 0.2) is 47.1 Å². The minimum atomic E-state index is -0.272. The van der Waals surface area contributed by atoms with E-state index in [4.69, 9.17) is 4.42 Å². The molecule has 1 aliphatic heterocycles. The van der Waals surface area contributed by atoms with Gasteiger partial charge in [0.1, 0.15) is 5.82 Å². The van der Waals surface area contributed by atoms with E-state index >= 15 is 0 Å². The summed E-state index contributed by atoms with van der Waals surface area (Å²) in [5.41, 5.74) is 0.932. The van der Waals surface area contributed by atoms with Crippen LogP contribution in [-0.4, -0.2) is 41.2 Å². The molecular weight excluding hydrogens is 371 g/mol. The van der Waals surface area contributed by atoms with Crippen LogP contribution in [0.4, 0.5) is 4.39 Å². The zero-order valence-electron chi connectivity index (χ0n) is 17.0. The molecule has 2 amide bonds. The molecule has 0 aliphatic carbocycles. The number of piperidine rings is 1. The van der Waals surface area contributed by atoms with Crippen molar-refractivity contribution in [2.24, 2.45) is 5.92 Å². The highest BCUT2D eigenvalue weighted by Gasteiger charge is 2.31. The molecule has 5 nitrogen and oxygen atoms in total. The normalized spacial score (nSPS) is 14.8. The first-order chi connectivity index (χ1) is 14.1. The van der Waals surface area contributed by atoms with Crippen molar-refractivity contribution in [2.75, 3.05) is 19.6 Å². The van der Waals surface area contributed by atoms with Crippen LogP contribution in [0.2, 0.25) is 0 Å². The number of hydrogen-bond donors (Lipinski definition) is 0. The van der Waals surface area contributed by atoms with E-state index in [-0.39, 0.29) is 23.5 Å². The first-order valence-corrected chi connectivity index (χ1v) is 10.4. The van der Waals surface area contributed by atoms with Crippen LogP contribution in [0.25, 0.3) is 0 Å². The Morgan fingerprint density at radius 2 is 1.86 bits per heavy atom. The van der Waals surface area contributed by atoms with Gasteiger partial charge in [0, 0.05) is 32.1 Å². The fraction of sp³-hybridized carbons (Fsp3) is 0.478. The van der Waals surface area contributed by atoms with Crippen LogP contribution >= 0.6 is 0 Å². The minimum absolute atomic E-state index is 0.0854. The fourth-order valence-electron chi connectivity index (χ4n) is 3.77. The Balaban J connectivity index is 1.59. The summed E-state index contributed by atoms with van der Waals surface area (Å²) >= 11 is 0. The molecule has 29 heavy (non-hydrogen) atoms. The standard InChI is InChI=1S/C23H29FN2O3/c1-2-3-4-13-26(17-18-7-9-20(24)10-8-18)22(27)19-11-14-25(15-12-19)23(28)21-6-5-16-29-21/h5-10,16,19H,2-4,11-15,17H2,1H3. The van der Waals surface area contributed by atoms with Gasteiger partial charge in [-0.3, -0.25) is 9.59 Å². The van der Waals surface area contributed by atoms with E-state index in [0.717, 1.165) is 24.8 Å². The van der Waals surface area contributed by atoms with E-state index in [9.17, 15) is 14.0 Å². The Hall–Kier alpha value is -2.63. The molecule has 1 aromatic heterocycles. The minimum Gasteiger partial charge on any atom is -0.459 e. The summed E-state index contributed by atoms with van der Waals surface area (Å²) in [4.78, 5) is 29.3. The molecule has 0 saturated carbocycles. The molecule has 6 heteroatoms. The SMILES string of the molecule is CCCCCN(Cc1ccc(F)cc1)C(=O)C1CCN(C(=O)c2ccco2)CC1. The molecule has 1 saturated heterocycles. The topological polar surface area (TPSA) is 53.8 Å².